The van der Waals surface area contributed by atoms with Gasteiger partial charge in [-0.2, -0.15) is 0 Å². The van der Waals surface area contributed by atoms with Crippen molar-refractivity contribution in [3.05, 3.63) is 77.3 Å². The van der Waals surface area contributed by atoms with Crippen molar-refractivity contribution in [2.24, 2.45) is 0 Å². The summed E-state index contributed by atoms with van der Waals surface area (Å²) in [5, 5.41) is 4.21. The van der Waals surface area contributed by atoms with Crippen LogP contribution in [-0.4, -0.2) is 40.6 Å². The van der Waals surface area contributed by atoms with Gasteiger partial charge in [0.15, 0.2) is 0 Å². The second-order valence-electron chi connectivity index (χ2n) is 7.80. The molecule has 1 aromatic heterocycles. The molecule has 0 bridgehead atoms. The molecule has 0 N–H and O–H groups in total. The minimum atomic E-state index is -0.245. The van der Waals surface area contributed by atoms with E-state index in [1.54, 1.807) is 12.1 Å². The highest BCUT2D eigenvalue weighted by atomic mass is 19.1. The number of rotatable bonds is 4. The first-order valence-electron chi connectivity index (χ1n) is 10.0. The monoisotopic (exact) mass is 377 g/mol. The number of hydrogen-bond donors (Lipinski definition) is 0. The third-order valence-corrected chi connectivity index (χ3v) is 6.00. The summed E-state index contributed by atoms with van der Waals surface area (Å²) in [6.45, 7) is 4.95. The third kappa shape index (κ3) is 3.36. The van der Waals surface area contributed by atoms with Crippen molar-refractivity contribution < 1.29 is 8.91 Å². The molecule has 0 saturated carbocycles. The Kier molecular flexibility index (Phi) is 4.71. The van der Waals surface area contributed by atoms with E-state index >= 15 is 0 Å². The van der Waals surface area contributed by atoms with Gasteiger partial charge in [-0.15, -0.1) is 0 Å². The standard InChI is InChI=1S/C23H24FN3O/c24-21-9-5-4-8-19(21)23-20-16-27(13-11-22(20)28-25-23)18-10-12-26(15-18)14-17-6-2-1-3-7-17/h1-9,18H,10-16H2/t18-/m0/s1. The van der Waals surface area contributed by atoms with Crippen molar-refractivity contribution in [1.82, 2.24) is 15.0 Å². The van der Waals surface area contributed by atoms with Crippen LogP contribution in [-0.2, 0) is 19.5 Å². The zero-order valence-corrected chi connectivity index (χ0v) is 15.9. The normalized spacial score (nSPS) is 20.4. The average molecular weight is 377 g/mol. The molecule has 2 aromatic carbocycles. The van der Waals surface area contributed by atoms with Crippen LogP contribution in [0.3, 0.4) is 0 Å². The summed E-state index contributed by atoms with van der Waals surface area (Å²) in [4.78, 5) is 5.05. The number of hydrogen-bond acceptors (Lipinski definition) is 4. The van der Waals surface area contributed by atoms with E-state index in [4.69, 9.17) is 4.52 Å². The molecule has 5 heteroatoms. The quantitative estimate of drug-likeness (QED) is 0.685. The zero-order chi connectivity index (χ0) is 18.9. The second-order valence-corrected chi connectivity index (χ2v) is 7.80. The van der Waals surface area contributed by atoms with Crippen LogP contribution < -0.4 is 0 Å². The molecule has 144 valence electrons. The summed E-state index contributed by atoms with van der Waals surface area (Å²) in [5.74, 6) is 0.666. The summed E-state index contributed by atoms with van der Waals surface area (Å²) >= 11 is 0. The Labute approximate surface area is 164 Å². The lowest BCUT2D eigenvalue weighted by Crippen LogP contribution is -2.40. The summed E-state index contributed by atoms with van der Waals surface area (Å²) in [5.41, 5.74) is 3.62. The van der Waals surface area contributed by atoms with Gasteiger partial charge in [0.1, 0.15) is 17.3 Å². The molecule has 4 nitrogen and oxygen atoms in total. The van der Waals surface area contributed by atoms with Crippen molar-refractivity contribution in [2.75, 3.05) is 19.6 Å². The molecule has 3 heterocycles. The lowest BCUT2D eigenvalue weighted by Gasteiger charge is -2.31. The Hall–Kier alpha value is -2.50. The van der Waals surface area contributed by atoms with E-state index in [0.29, 0.717) is 17.3 Å². The summed E-state index contributed by atoms with van der Waals surface area (Å²) in [7, 11) is 0. The molecule has 0 unspecified atom stereocenters. The predicted molar refractivity (Wildman–Crippen MR) is 106 cm³/mol. The molecule has 28 heavy (non-hydrogen) atoms. The van der Waals surface area contributed by atoms with Crippen LogP contribution in [0.25, 0.3) is 11.3 Å². The van der Waals surface area contributed by atoms with E-state index in [2.05, 4.69) is 45.3 Å². The van der Waals surface area contributed by atoms with E-state index < -0.39 is 0 Å². The number of fused-ring (bicyclic) bond motifs is 1. The summed E-state index contributed by atoms with van der Waals surface area (Å²) in [6.07, 6.45) is 2.01. The Morgan fingerprint density at radius 1 is 1.04 bits per heavy atom. The Bertz CT molecular complexity index is 955. The van der Waals surface area contributed by atoms with Crippen molar-refractivity contribution >= 4 is 0 Å². The number of nitrogens with zero attached hydrogens (tertiary/aromatic N) is 3. The molecule has 1 saturated heterocycles. The lowest BCUT2D eigenvalue weighted by atomic mass is 9.99. The number of halogens is 1. The molecule has 1 atom stereocenters. The summed E-state index contributed by atoms with van der Waals surface area (Å²) < 4.78 is 19.8. The fourth-order valence-electron chi connectivity index (χ4n) is 4.50. The highest BCUT2D eigenvalue weighted by molar-refractivity contribution is 5.64. The maximum absolute atomic E-state index is 14.3. The zero-order valence-electron chi connectivity index (χ0n) is 15.9. The van der Waals surface area contributed by atoms with E-state index in [1.807, 2.05) is 6.07 Å². The Balaban J connectivity index is 1.30. The second kappa shape index (κ2) is 7.49. The minimum absolute atomic E-state index is 0.245. The molecule has 0 aliphatic carbocycles. The smallest absolute Gasteiger partial charge is 0.143 e. The van der Waals surface area contributed by atoms with Gasteiger partial charge in [0.25, 0.3) is 0 Å². The van der Waals surface area contributed by atoms with E-state index in [1.165, 1.54) is 18.1 Å². The van der Waals surface area contributed by atoms with Gasteiger partial charge in [-0.3, -0.25) is 9.80 Å². The van der Waals surface area contributed by atoms with Gasteiger partial charge in [0.05, 0.1) is 0 Å². The first-order valence-corrected chi connectivity index (χ1v) is 10.0. The van der Waals surface area contributed by atoms with Gasteiger partial charge in [-0.05, 0) is 24.1 Å². The van der Waals surface area contributed by atoms with Crippen LogP contribution in [0, 0.1) is 5.82 Å². The maximum atomic E-state index is 14.3. The number of likely N-dealkylation sites (tertiary alicyclic amines) is 1. The molecular formula is C23H24FN3O. The highest BCUT2D eigenvalue weighted by Gasteiger charge is 2.33. The first-order chi connectivity index (χ1) is 13.8. The van der Waals surface area contributed by atoms with Crippen LogP contribution in [0.4, 0.5) is 4.39 Å². The first kappa shape index (κ1) is 17.6. The average Bonchev–Trinajstić information content (AvgIpc) is 3.36. The molecule has 2 aliphatic heterocycles. The number of aromatic nitrogens is 1. The number of benzene rings is 2. The van der Waals surface area contributed by atoms with Crippen molar-refractivity contribution in [1.29, 1.82) is 0 Å². The van der Waals surface area contributed by atoms with Gasteiger partial charge in [0.2, 0.25) is 0 Å². The summed E-state index contributed by atoms with van der Waals surface area (Å²) in [6, 6.07) is 18.0. The maximum Gasteiger partial charge on any atom is 0.143 e. The molecule has 3 aromatic rings. The molecule has 2 aliphatic rings. The lowest BCUT2D eigenvalue weighted by molar-refractivity contribution is 0.167. The van der Waals surface area contributed by atoms with Crippen LogP contribution >= 0.6 is 0 Å². The topological polar surface area (TPSA) is 32.5 Å². The van der Waals surface area contributed by atoms with Gasteiger partial charge in [-0.1, -0.05) is 47.6 Å². The van der Waals surface area contributed by atoms with E-state index in [-0.39, 0.29) is 5.82 Å². The van der Waals surface area contributed by atoms with E-state index in [0.717, 1.165) is 50.5 Å². The van der Waals surface area contributed by atoms with Crippen molar-refractivity contribution in [2.45, 2.75) is 32.0 Å². The van der Waals surface area contributed by atoms with Gasteiger partial charge < -0.3 is 4.52 Å². The minimum Gasteiger partial charge on any atom is -0.360 e. The molecule has 5 rings (SSSR count). The Morgan fingerprint density at radius 2 is 1.86 bits per heavy atom. The highest BCUT2D eigenvalue weighted by Crippen LogP contribution is 2.33. The largest absolute Gasteiger partial charge is 0.360 e. The Morgan fingerprint density at radius 3 is 2.71 bits per heavy atom. The van der Waals surface area contributed by atoms with Gasteiger partial charge >= 0.3 is 0 Å². The molecule has 0 spiro atoms. The molecular weight excluding hydrogens is 353 g/mol. The third-order valence-electron chi connectivity index (χ3n) is 6.00. The van der Waals surface area contributed by atoms with Crippen LogP contribution in [0.2, 0.25) is 0 Å². The van der Waals surface area contributed by atoms with Gasteiger partial charge in [-0.25, -0.2) is 4.39 Å². The SMILES string of the molecule is Fc1ccccc1-c1noc2c1CN([C@H]1CCN(Cc3ccccc3)C1)CC2. The van der Waals surface area contributed by atoms with E-state index in [9.17, 15) is 4.39 Å². The molecule has 0 radical (unpaired) electrons. The molecule has 0 amide bonds. The van der Waals surface area contributed by atoms with Gasteiger partial charge in [0, 0.05) is 56.3 Å². The van der Waals surface area contributed by atoms with Crippen LogP contribution in [0.15, 0.2) is 59.1 Å². The van der Waals surface area contributed by atoms with Crippen molar-refractivity contribution in [3.8, 4) is 11.3 Å². The van der Waals surface area contributed by atoms with Crippen molar-refractivity contribution in [3.63, 3.8) is 0 Å². The molecule has 1 fully saturated rings. The fourth-order valence-corrected chi connectivity index (χ4v) is 4.50. The predicted octanol–water partition coefficient (Wildman–Crippen LogP) is 4.11. The fraction of sp³-hybridized carbons (Fsp3) is 0.348. The van der Waals surface area contributed by atoms with Crippen LogP contribution in [0.5, 0.6) is 0 Å². The van der Waals surface area contributed by atoms with Crippen LogP contribution in [0.1, 0.15) is 23.3 Å².